The quantitative estimate of drug-likeness (QED) is 0.711. The minimum atomic E-state index is -1.10. The minimum absolute atomic E-state index is 0.0507. The molecule has 26 heavy (non-hydrogen) atoms. The van der Waals surface area contributed by atoms with Crippen LogP contribution in [0.5, 0.6) is 0 Å². The molecule has 1 amide bonds. The lowest BCUT2D eigenvalue weighted by Gasteiger charge is -2.17. The number of nitrogens with one attached hydrogen (secondary N) is 2. The molecule has 0 saturated heterocycles. The summed E-state index contributed by atoms with van der Waals surface area (Å²) in [7, 11) is 0. The number of carboxylic acid groups (broad SMARTS) is 1. The van der Waals surface area contributed by atoms with Gasteiger partial charge in [0.25, 0.3) is 0 Å². The zero-order chi connectivity index (χ0) is 18.5. The molecular formula is C20H22N2O4. The Balaban J connectivity index is 1.68. The van der Waals surface area contributed by atoms with Gasteiger partial charge in [0.2, 0.25) is 0 Å². The van der Waals surface area contributed by atoms with Crippen LogP contribution in [0.4, 0.5) is 4.79 Å². The van der Waals surface area contributed by atoms with E-state index in [1.807, 2.05) is 43.3 Å². The molecule has 0 spiro atoms. The second-order valence-corrected chi connectivity index (χ2v) is 6.17. The molecule has 0 bridgehead atoms. The Hall–Kier alpha value is -2.86. The molecule has 6 heteroatoms. The maximum atomic E-state index is 12.1. The summed E-state index contributed by atoms with van der Waals surface area (Å²) < 4.78 is 5.36. The van der Waals surface area contributed by atoms with Crippen molar-refractivity contribution in [2.45, 2.75) is 18.9 Å². The van der Waals surface area contributed by atoms with Gasteiger partial charge >= 0.3 is 12.1 Å². The maximum absolute atomic E-state index is 12.1. The lowest BCUT2D eigenvalue weighted by atomic mass is 9.98. The van der Waals surface area contributed by atoms with Gasteiger partial charge < -0.3 is 20.5 Å². The number of ether oxygens (including phenoxy) is 1. The highest BCUT2D eigenvalue weighted by molar-refractivity contribution is 5.81. The number of rotatable bonds is 7. The summed E-state index contributed by atoms with van der Waals surface area (Å²) in [5.74, 6) is -1.15. The van der Waals surface area contributed by atoms with Gasteiger partial charge in [-0.3, -0.25) is 0 Å². The fourth-order valence-electron chi connectivity index (χ4n) is 3.27. The largest absolute Gasteiger partial charge is 0.480 e. The second-order valence-electron chi connectivity index (χ2n) is 6.17. The van der Waals surface area contributed by atoms with Crippen molar-refractivity contribution in [3.8, 4) is 11.1 Å². The summed E-state index contributed by atoms with van der Waals surface area (Å²) in [6.45, 7) is 2.80. The predicted octanol–water partition coefficient (Wildman–Crippen LogP) is 2.59. The van der Waals surface area contributed by atoms with Crippen molar-refractivity contribution in [1.82, 2.24) is 10.6 Å². The molecule has 6 nitrogen and oxygen atoms in total. The van der Waals surface area contributed by atoms with Crippen LogP contribution in [0.25, 0.3) is 11.1 Å². The topological polar surface area (TPSA) is 87.7 Å². The van der Waals surface area contributed by atoms with Crippen LogP contribution in [0.3, 0.4) is 0 Å². The summed E-state index contributed by atoms with van der Waals surface area (Å²) in [6.07, 6.45) is -0.725. The van der Waals surface area contributed by atoms with Gasteiger partial charge in [0, 0.05) is 12.5 Å². The van der Waals surface area contributed by atoms with Gasteiger partial charge in [-0.2, -0.15) is 0 Å². The molecule has 2 aromatic rings. The second kappa shape index (κ2) is 8.01. The normalized spacial score (nSPS) is 13.6. The Morgan fingerprint density at radius 3 is 2.19 bits per heavy atom. The average molecular weight is 354 g/mol. The summed E-state index contributed by atoms with van der Waals surface area (Å²) in [6, 6.07) is 15.1. The maximum Gasteiger partial charge on any atom is 0.407 e. The van der Waals surface area contributed by atoms with Crippen molar-refractivity contribution >= 4 is 12.1 Å². The Morgan fingerprint density at radius 1 is 1.08 bits per heavy atom. The third-order valence-corrected chi connectivity index (χ3v) is 4.53. The van der Waals surface area contributed by atoms with Crippen LogP contribution < -0.4 is 10.6 Å². The number of carbonyl (C=O) groups is 2. The number of amides is 1. The standard InChI is InChI=1S/C20H22N2O4/c1-2-21-11-18(19(23)24)22-20(25)26-12-17-15-9-5-3-7-13(15)14-8-4-6-10-16(14)17/h3-10,17-18,21H,2,11-12H2,1H3,(H,22,25)(H,23,24). The molecule has 0 aliphatic heterocycles. The zero-order valence-electron chi connectivity index (χ0n) is 14.6. The molecule has 0 radical (unpaired) electrons. The Bertz CT molecular complexity index is 760. The molecule has 2 aromatic carbocycles. The first kappa shape index (κ1) is 17.9. The highest BCUT2D eigenvalue weighted by Crippen LogP contribution is 2.44. The number of hydrogen-bond donors (Lipinski definition) is 3. The number of aliphatic carboxylic acids is 1. The van der Waals surface area contributed by atoms with Crippen LogP contribution in [0, 0.1) is 0 Å². The highest BCUT2D eigenvalue weighted by Gasteiger charge is 2.29. The van der Waals surface area contributed by atoms with Crippen molar-refractivity contribution in [1.29, 1.82) is 0 Å². The fourth-order valence-corrected chi connectivity index (χ4v) is 3.27. The van der Waals surface area contributed by atoms with Crippen molar-refractivity contribution in [3.63, 3.8) is 0 Å². The van der Waals surface area contributed by atoms with Crippen LogP contribution in [0.2, 0.25) is 0 Å². The van der Waals surface area contributed by atoms with Crippen LogP contribution >= 0.6 is 0 Å². The monoisotopic (exact) mass is 354 g/mol. The Kier molecular flexibility index (Phi) is 5.53. The number of fused-ring (bicyclic) bond motifs is 3. The first-order valence-electron chi connectivity index (χ1n) is 8.66. The van der Waals surface area contributed by atoms with E-state index >= 15 is 0 Å². The van der Waals surface area contributed by atoms with E-state index in [2.05, 4.69) is 22.8 Å². The summed E-state index contributed by atoms with van der Waals surface area (Å²) in [5, 5.41) is 14.5. The summed E-state index contributed by atoms with van der Waals surface area (Å²) in [5.41, 5.74) is 4.52. The number of carboxylic acids is 1. The summed E-state index contributed by atoms with van der Waals surface area (Å²) >= 11 is 0. The van der Waals surface area contributed by atoms with E-state index < -0.39 is 18.1 Å². The fraction of sp³-hybridized carbons (Fsp3) is 0.300. The number of likely N-dealkylation sites (N-methyl/N-ethyl adjacent to an activating group) is 1. The van der Waals surface area contributed by atoms with Crippen molar-refractivity contribution in [2.75, 3.05) is 19.7 Å². The number of alkyl carbamates (subject to hydrolysis) is 1. The third-order valence-electron chi connectivity index (χ3n) is 4.53. The molecule has 0 aromatic heterocycles. The SMILES string of the molecule is CCNCC(NC(=O)OCC1c2ccccc2-c2ccccc21)C(=O)O. The van der Waals surface area contributed by atoms with Crippen LogP contribution in [0.1, 0.15) is 24.0 Å². The number of benzene rings is 2. The summed E-state index contributed by atoms with van der Waals surface area (Å²) in [4.78, 5) is 23.3. The van der Waals surface area contributed by atoms with Gasteiger partial charge in [0.15, 0.2) is 0 Å². The van der Waals surface area contributed by atoms with E-state index in [0.717, 1.165) is 22.3 Å². The molecule has 1 unspecified atom stereocenters. The van der Waals surface area contributed by atoms with Gasteiger partial charge in [-0.25, -0.2) is 9.59 Å². The lowest BCUT2D eigenvalue weighted by molar-refractivity contribution is -0.139. The highest BCUT2D eigenvalue weighted by atomic mass is 16.5. The third kappa shape index (κ3) is 3.70. The predicted molar refractivity (Wildman–Crippen MR) is 98.2 cm³/mol. The van der Waals surface area contributed by atoms with Gasteiger partial charge in [0.1, 0.15) is 12.6 Å². The van der Waals surface area contributed by atoms with E-state index in [1.165, 1.54) is 0 Å². The van der Waals surface area contributed by atoms with E-state index in [4.69, 9.17) is 4.74 Å². The zero-order valence-corrected chi connectivity index (χ0v) is 14.6. The molecule has 3 N–H and O–H groups in total. The molecule has 0 saturated carbocycles. The molecule has 1 aliphatic carbocycles. The van der Waals surface area contributed by atoms with Crippen LogP contribution in [-0.4, -0.2) is 42.9 Å². The van der Waals surface area contributed by atoms with E-state index in [0.29, 0.717) is 6.54 Å². The molecule has 1 aliphatic rings. The molecular weight excluding hydrogens is 332 g/mol. The van der Waals surface area contributed by atoms with Gasteiger partial charge in [-0.05, 0) is 28.8 Å². The van der Waals surface area contributed by atoms with E-state index in [-0.39, 0.29) is 19.1 Å². The van der Waals surface area contributed by atoms with Gasteiger partial charge in [-0.1, -0.05) is 55.5 Å². The van der Waals surface area contributed by atoms with E-state index in [9.17, 15) is 14.7 Å². The van der Waals surface area contributed by atoms with Crippen LogP contribution in [0.15, 0.2) is 48.5 Å². The minimum Gasteiger partial charge on any atom is -0.480 e. The molecule has 0 fully saturated rings. The van der Waals surface area contributed by atoms with Gasteiger partial charge in [-0.15, -0.1) is 0 Å². The Morgan fingerprint density at radius 2 is 1.65 bits per heavy atom. The lowest BCUT2D eigenvalue weighted by Crippen LogP contribution is -2.47. The molecule has 3 rings (SSSR count). The molecule has 0 heterocycles. The van der Waals surface area contributed by atoms with E-state index in [1.54, 1.807) is 0 Å². The van der Waals surface area contributed by atoms with Crippen molar-refractivity contribution < 1.29 is 19.4 Å². The van der Waals surface area contributed by atoms with Crippen molar-refractivity contribution in [3.05, 3.63) is 59.7 Å². The number of carbonyl (C=O) groups excluding carboxylic acids is 1. The van der Waals surface area contributed by atoms with Crippen molar-refractivity contribution in [2.24, 2.45) is 0 Å². The molecule has 1 atom stereocenters. The Labute approximate surface area is 152 Å². The first-order chi connectivity index (χ1) is 12.6. The van der Waals surface area contributed by atoms with Gasteiger partial charge in [0.05, 0.1) is 0 Å². The molecule has 136 valence electrons. The number of hydrogen-bond acceptors (Lipinski definition) is 4. The average Bonchev–Trinajstić information content (AvgIpc) is 2.97. The first-order valence-corrected chi connectivity index (χ1v) is 8.66. The smallest absolute Gasteiger partial charge is 0.407 e. The van der Waals surface area contributed by atoms with Crippen LogP contribution in [-0.2, 0) is 9.53 Å².